The monoisotopic (exact) mass is 400 g/mol. The van der Waals surface area contributed by atoms with Crippen LogP contribution in [0.2, 0.25) is 0 Å². The lowest BCUT2D eigenvalue weighted by Gasteiger charge is -2.17. The van der Waals surface area contributed by atoms with Gasteiger partial charge in [0.15, 0.2) is 5.82 Å². The lowest BCUT2D eigenvalue weighted by atomic mass is 10.1. The summed E-state index contributed by atoms with van der Waals surface area (Å²) in [6.45, 7) is 1.85. The normalized spacial score (nSPS) is 11.8. The summed E-state index contributed by atoms with van der Waals surface area (Å²) in [6.07, 6.45) is 0. The fraction of sp³-hybridized carbons (Fsp3) is 0.0870. The van der Waals surface area contributed by atoms with Gasteiger partial charge in [0.25, 0.3) is 0 Å². The zero-order chi connectivity index (χ0) is 20.1. The van der Waals surface area contributed by atoms with Gasteiger partial charge >= 0.3 is 0 Å². The van der Waals surface area contributed by atoms with Crippen molar-refractivity contribution in [3.05, 3.63) is 96.3 Å². The first-order chi connectivity index (χ1) is 14.2. The first-order valence-corrected chi connectivity index (χ1v) is 10.1. The number of carbonyl (C=O) groups is 1. The molecule has 1 unspecified atom stereocenters. The molecule has 1 heterocycles. The highest BCUT2D eigenvalue weighted by molar-refractivity contribution is 8.00. The zero-order valence-electron chi connectivity index (χ0n) is 15.9. The van der Waals surface area contributed by atoms with Crippen LogP contribution in [-0.4, -0.2) is 21.1 Å². The molecule has 0 radical (unpaired) electrons. The number of aromatic amines is 1. The van der Waals surface area contributed by atoms with E-state index in [0.717, 1.165) is 21.8 Å². The Morgan fingerprint density at radius 1 is 0.966 bits per heavy atom. The highest BCUT2D eigenvalue weighted by Gasteiger charge is 2.22. The summed E-state index contributed by atoms with van der Waals surface area (Å²) in [5.74, 6) is 1.28. The lowest BCUT2D eigenvalue weighted by molar-refractivity contribution is -0.115. The van der Waals surface area contributed by atoms with Gasteiger partial charge in [-0.3, -0.25) is 9.89 Å². The Morgan fingerprint density at radius 3 is 2.38 bits per heavy atom. The minimum Gasteiger partial charge on any atom is -0.325 e. The van der Waals surface area contributed by atoms with Crippen LogP contribution in [0.15, 0.2) is 89.8 Å². The van der Waals surface area contributed by atoms with Crippen LogP contribution < -0.4 is 5.32 Å². The molecular weight excluding hydrogens is 380 g/mol. The van der Waals surface area contributed by atoms with E-state index in [0.29, 0.717) is 11.5 Å². The number of aryl methyl sites for hydroxylation is 1. The number of H-pyrrole nitrogens is 1. The van der Waals surface area contributed by atoms with Crippen LogP contribution in [0.25, 0.3) is 11.4 Å². The molecule has 0 aliphatic heterocycles. The number of hydrogen-bond acceptors (Lipinski definition) is 4. The van der Waals surface area contributed by atoms with E-state index in [9.17, 15) is 4.79 Å². The van der Waals surface area contributed by atoms with Crippen LogP contribution in [-0.2, 0) is 4.79 Å². The molecule has 0 saturated carbocycles. The molecule has 4 rings (SSSR count). The molecule has 2 N–H and O–H groups in total. The molecule has 0 spiro atoms. The van der Waals surface area contributed by atoms with E-state index in [-0.39, 0.29) is 11.2 Å². The van der Waals surface area contributed by atoms with Crippen molar-refractivity contribution in [2.45, 2.75) is 17.1 Å². The number of amides is 1. The maximum absolute atomic E-state index is 13.2. The van der Waals surface area contributed by atoms with Crippen molar-refractivity contribution in [3.63, 3.8) is 0 Å². The van der Waals surface area contributed by atoms with Crippen LogP contribution in [0, 0.1) is 6.92 Å². The van der Waals surface area contributed by atoms with Gasteiger partial charge in [-0.15, -0.1) is 11.8 Å². The fourth-order valence-electron chi connectivity index (χ4n) is 2.95. The van der Waals surface area contributed by atoms with Crippen molar-refractivity contribution in [1.82, 2.24) is 15.2 Å². The molecule has 0 bridgehead atoms. The Labute approximate surface area is 173 Å². The molecule has 6 heteroatoms. The molecule has 1 atom stereocenters. The number of nitrogens with zero attached hydrogens (tertiary/aromatic N) is 2. The van der Waals surface area contributed by atoms with Gasteiger partial charge in [-0.05, 0) is 36.8 Å². The number of anilines is 1. The Hall–Kier alpha value is -3.38. The molecule has 3 aromatic carbocycles. The van der Waals surface area contributed by atoms with Crippen molar-refractivity contribution in [2.75, 3.05) is 5.32 Å². The molecule has 1 aromatic heterocycles. The number of thioether (sulfide) groups is 1. The second-order valence-electron chi connectivity index (χ2n) is 6.54. The minimum atomic E-state index is -0.368. The summed E-state index contributed by atoms with van der Waals surface area (Å²) >= 11 is 1.53. The van der Waals surface area contributed by atoms with Gasteiger partial charge < -0.3 is 5.32 Å². The molecule has 1 amide bonds. The molecule has 5 nitrogen and oxygen atoms in total. The summed E-state index contributed by atoms with van der Waals surface area (Å²) in [6, 6.07) is 27.3. The molecule has 144 valence electrons. The molecule has 29 heavy (non-hydrogen) atoms. The molecular formula is C23H20N4OS. The highest BCUT2D eigenvalue weighted by atomic mass is 32.2. The summed E-state index contributed by atoms with van der Waals surface area (Å²) in [4.78, 5) is 18.6. The van der Waals surface area contributed by atoms with Crippen molar-refractivity contribution < 1.29 is 4.79 Å². The van der Waals surface area contributed by atoms with Crippen LogP contribution in [0.4, 0.5) is 5.69 Å². The number of benzene rings is 3. The van der Waals surface area contributed by atoms with Crippen molar-refractivity contribution in [3.8, 4) is 11.4 Å². The van der Waals surface area contributed by atoms with Gasteiger partial charge in [0.2, 0.25) is 5.91 Å². The first kappa shape index (κ1) is 19.0. The summed E-state index contributed by atoms with van der Waals surface area (Å²) in [5.41, 5.74) is 2.52. The average molecular weight is 401 g/mol. The molecule has 0 fully saturated rings. The molecule has 0 saturated heterocycles. The highest BCUT2D eigenvalue weighted by Crippen LogP contribution is 2.36. The van der Waals surface area contributed by atoms with E-state index >= 15 is 0 Å². The third kappa shape index (κ3) is 4.73. The molecule has 4 aromatic rings. The van der Waals surface area contributed by atoms with Crippen LogP contribution >= 0.6 is 11.8 Å². The largest absolute Gasteiger partial charge is 0.325 e. The molecule has 0 aliphatic rings. The van der Waals surface area contributed by atoms with Gasteiger partial charge in [-0.25, -0.2) is 4.98 Å². The van der Waals surface area contributed by atoms with Gasteiger partial charge in [0.05, 0.1) is 0 Å². The number of rotatable bonds is 6. The van der Waals surface area contributed by atoms with E-state index in [4.69, 9.17) is 0 Å². The second-order valence-corrected chi connectivity index (χ2v) is 7.71. The predicted molar refractivity (Wildman–Crippen MR) is 117 cm³/mol. The number of aromatic nitrogens is 3. The quantitative estimate of drug-likeness (QED) is 0.434. The third-order valence-corrected chi connectivity index (χ3v) is 5.59. The third-order valence-electron chi connectivity index (χ3n) is 4.32. The zero-order valence-corrected chi connectivity index (χ0v) is 16.7. The smallest absolute Gasteiger partial charge is 0.242 e. The van der Waals surface area contributed by atoms with Gasteiger partial charge in [0.1, 0.15) is 11.1 Å². The minimum absolute atomic E-state index is 0.0756. The van der Waals surface area contributed by atoms with E-state index in [1.54, 1.807) is 0 Å². The summed E-state index contributed by atoms with van der Waals surface area (Å²) in [7, 11) is 0. The Morgan fingerprint density at radius 2 is 1.69 bits per heavy atom. The van der Waals surface area contributed by atoms with Crippen molar-refractivity contribution >= 4 is 23.4 Å². The van der Waals surface area contributed by atoms with E-state index in [2.05, 4.69) is 20.5 Å². The van der Waals surface area contributed by atoms with Gasteiger partial charge in [-0.1, -0.05) is 60.7 Å². The van der Waals surface area contributed by atoms with Gasteiger partial charge in [0, 0.05) is 16.1 Å². The van der Waals surface area contributed by atoms with Crippen LogP contribution in [0.5, 0.6) is 0 Å². The Kier molecular flexibility index (Phi) is 5.72. The SMILES string of the molecule is Cc1nc(-c2cccc(NC(=O)C(Sc3ccccc3)c3ccccc3)c2)n[nH]1. The second kappa shape index (κ2) is 8.75. The van der Waals surface area contributed by atoms with Crippen LogP contribution in [0.3, 0.4) is 0 Å². The van der Waals surface area contributed by atoms with E-state index in [1.807, 2.05) is 91.9 Å². The predicted octanol–water partition coefficient (Wildman–Crippen LogP) is 5.25. The topological polar surface area (TPSA) is 70.7 Å². The van der Waals surface area contributed by atoms with Gasteiger partial charge in [-0.2, -0.15) is 5.10 Å². The Bertz CT molecular complexity index is 1100. The van der Waals surface area contributed by atoms with Crippen LogP contribution in [0.1, 0.15) is 16.6 Å². The van der Waals surface area contributed by atoms with E-state index in [1.165, 1.54) is 11.8 Å². The summed E-state index contributed by atoms with van der Waals surface area (Å²) in [5, 5.41) is 9.72. The number of carbonyl (C=O) groups excluding carboxylic acids is 1. The maximum atomic E-state index is 13.2. The fourth-order valence-corrected chi connectivity index (χ4v) is 4.00. The molecule has 0 aliphatic carbocycles. The van der Waals surface area contributed by atoms with E-state index < -0.39 is 0 Å². The maximum Gasteiger partial charge on any atom is 0.242 e. The Balaban J connectivity index is 1.58. The van der Waals surface area contributed by atoms with Crippen molar-refractivity contribution in [2.24, 2.45) is 0 Å². The number of nitrogens with one attached hydrogen (secondary N) is 2. The average Bonchev–Trinajstić information content (AvgIpc) is 3.20. The summed E-state index contributed by atoms with van der Waals surface area (Å²) < 4.78 is 0. The lowest BCUT2D eigenvalue weighted by Crippen LogP contribution is -2.19. The number of hydrogen-bond donors (Lipinski definition) is 2. The van der Waals surface area contributed by atoms with Crippen molar-refractivity contribution in [1.29, 1.82) is 0 Å². The first-order valence-electron chi connectivity index (χ1n) is 9.26. The standard InChI is InChI=1S/C23H20N4OS/c1-16-24-22(27-26-16)18-11-8-12-19(15-18)25-23(28)21(17-9-4-2-5-10-17)29-20-13-6-3-7-14-20/h2-15,21H,1H3,(H,25,28)(H,24,26,27).